The summed E-state index contributed by atoms with van der Waals surface area (Å²) in [6, 6.07) is 18.1. The van der Waals surface area contributed by atoms with Crippen LogP contribution in [0.15, 0.2) is 75.5 Å². The smallest absolute Gasteiger partial charge is 0.227 e. The van der Waals surface area contributed by atoms with Gasteiger partial charge in [-0.05, 0) is 35.1 Å². The number of benzene rings is 2. The predicted molar refractivity (Wildman–Crippen MR) is 127 cm³/mol. The van der Waals surface area contributed by atoms with Gasteiger partial charge in [0.15, 0.2) is 5.78 Å². The molecule has 0 saturated carbocycles. The van der Waals surface area contributed by atoms with Crippen molar-refractivity contribution < 1.29 is 4.79 Å². The van der Waals surface area contributed by atoms with E-state index in [2.05, 4.69) is 59.4 Å². The second-order valence-corrected chi connectivity index (χ2v) is 10.7. The van der Waals surface area contributed by atoms with Crippen LogP contribution in [-0.2, 0) is 10.5 Å². The maximum absolute atomic E-state index is 13.3. The van der Waals surface area contributed by atoms with Crippen molar-refractivity contribution in [2.24, 2.45) is 5.41 Å². The Hall–Kier alpha value is -2.38. The van der Waals surface area contributed by atoms with Crippen LogP contribution in [0, 0.1) is 5.41 Å². The lowest BCUT2D eigenvalue weighted by Gasteiger charge is -2.38. The first-order valence-electron chi connectivity index (χ1n) is 10.3. The first kappa shape index (κ1) is 20.5. The highest BCUT2D eigenvalue weighted by atomic mass is 79.9. The molecule has 0 radical (unpaired) electrons. The van der Waals surface area contributed by atoms with Crippen LogP contribution in [0.4, 0.5) is 5.95 Å². The third-order valence-corrected chi connectivity index (χ3v) is 7.09. The zero-order valence-corrected chi connectivity index (χ0v) is 19.8. The zero-order chi connectivity index (χ0) is 21.6. The van der Waals surface area contributed by atoms with E-state index in [4.69, 9.17) is 10.1 Å². The lowest BCUT2D eigenvalue weighted by atomic mass is 9.73. The predicted octanol–water partition coefficient (Wildman–Crippen LogP) is 5.99. The molecule has 31 heavy (non-hydrogen) atoms. The molecule has 0 bridgehead atoms. The van der Waals surface area contributed by atoms with Crippen LogP contribution in [0.3, 0.4) is 0 Å². The molecule has 1 aliphatic heterocycles. The summed E-state index contributed by atoms with van der Waals surface area (Å²) in [5, 5.41) is 8.97. The largest absolute Gasteiger partial charge is 0.328 e. The van der Waals surface area contributed by atoms with E-state index in [9.17, 15) is 4.79 Å². The molecule has 2 aromatic carbocycles. The van der Waals surface area contributed by atoms with E-state index in [0.29, 0.717) is 17.5 Å². The van der Waals surface area contributed by atoms with Gasteiger partial charge in [0.1, 0.15) is 6.04 Å². The molecule has 1 aromatic heterocycles. The van der Waals surface area contributed by atoms with Crippen LogP contribution in [0.5, 0.6) is 0 Å². The van der Waals surface area contributed by atoms with E-state index >= 15 is 0 Å². The SMILES string of the molecule is CC1(C)CC(=O)C2=C(C1)Nc1nc(SCc3ccccc3)nn1[C@H]2c1cccc(Br)c1. The van der Waals surface area contributed by atoms with Gasteiger partial charge in [-0.25, -0.2) is 4.68 Å². The van der Waals surface area contributed by atoms with Crippen LogP contribution in [0.2, 0.25) is 0 Å². The number of fused-ring (bicyclic) bond motifs is 1. The highest BCUT2D eigenvalue weighted by molar-refractivity contribution is 9.10. The van der Waals surface area contributed by atoms with E-state index in [-0.39, 0.29) is 17.2 Å². The minimum atomic E-state index is -0.272. The fraction of sp³-hybridized carbons (Fsp3) is 0.292. The normalized spacial score (nSPS) is 19.6. The summed E-state index contributed by atoms with van der Waals surface area (Å²) in [6.45, 7) is 4.29. The van der Waals surface area contributed by atoms with Gasteiger partial charge in [-0.3, -0.25) is 4.79 Å². The molecule has 5 rings (SSSR count). The Morgan fingerprint density at radius 3 is 2.74 bits per heavy atom. The van der Waals surface area contributed by atoms with Crippen LogP contribution >= 0.6 is 27.7 Å². The molecule has 2 heterocycles. The number of halogens is 1. The van der Waals surface area contributed by atoms with Crippen molar-refractivity contribution in [3.8, 4) is 0 Å². The lowest BCUT2D eigenvalue weighted by Crippen LogP contribution is -2.36. The van der Waals surface area contributed by atoms with Crippen molar-refractivity contribution in [1.29, 1.82) is 0 Å². The number of carbonyl (C=O) groups excluding carboxylic acids is 1. The Kier molecular flexibility index (Phi) is 5.26. The highest BCUT2D eigenvalue weighted by Crippen LogP contribution is 2.45. The van der Waals surface area contributed by atoms with E-state index < -0.39 is 0 Å². The van der Waals surface area contributed by atoms with Gasteiger partial charge in [0.25, 0.3) is 0 Å². The van der Waals surface area contributed by atoms with Crippen LogP contribution < -0.4 is 5.32 Å². The molecule has 0 unspecified atom stereocenters. The van der Waals surface area contributed by atoms with Crippen LogP contribution in [-0.4, -0.2) is 20.5 Å². The van der Waals surface area contributed by atoms with E-state index in [1.54, 1.807) is 11.8 Å². The number of nitrogens with one attached hydrogen (secondary N) is 1. The molecule has 1 atom stereocenters. The van der Waals surface area contributed by atoms with Gasteiger partial charge in [0.2, 0.25) is 11.1 Å². The highest BCUT2D eigenvalue weighted by Gasteiger charge is 2.41. The molecule has 5 nitrogen and oxygen atoms in total. The minimum Gasteiger partial charge on any atom is -0.328 e. The summed E-state index contributed by atoms with van der Waals surface area (Å²) in [5.41, 5.74) is 3.98. The Balaban J connectivity index is 1.55. The van der Waals surface area contributed by atoms with E-state index in [0.717, 1.165) is 33.5 Å². The minimum absolute atomic E-state index is 0.0716. The maximum Gasteiger partial charge on any atom is 0.227 e. The van der Waals surface area contributed by atoms with Crippen LogP contribution in [0.25, 0.3) is 0 Å². The second-order valence-electron chi connectivity index (χ2n) is 8.85. The van der Waals surface area contributed by atoms with Crippen LogP contribution in [0.1, 0.15) is 43.9 Å². The molecule has 7 heteroatoms. The van der Waals surface area contributed by atoms with Gasteiger partial charge in [-0.1, -0.05) is 84.0 Å². The fourth-order valence-corrected chi connectivity index (χ4v) is 5.56. The number of ketones is 1. The van der Waals surface area contributed by atoms with Gasteiger partial charge < -0.3 is 5.32 Å². The van der Waals surface area contributed by atoms with Crippen molar-refractivity contribution in [1.82, 2.24) is 14.8 Å². The van der Waals surface area contributed by atoms with E-state index in [1.165, 1.54) is 5.56 Å². The number of hydrogen-bond donors (Lipinski definition) is 1. The number of Topliss-reactive ketones (excluding diaryl/α,β-unsaturated/α-hetero) is 1. The van der Waals surface area contributed by atoms with E-state index in [1.807, 2.05) is 35.0 Å². The van der Waals surface area contributed by atoms with Gasteiger partial charge >= 0.3 is 0 Å². The first-order chi connectivity index (χ1) is 14.9. The number of thioether (sulfide) groups is 1. The molecular weight excluding hydrogens is 472 g/mol. The molecule has 0 amide bonds. The average molecular weight is 495 g/mol. The fourth-order valence-electron chi connectivity index (χ4n) is 4.36. The first-order valence-corrected chi connectivity index (χ1v) is 12.1. The molecule has 0 fully saturated rings. The molecule has 0 saturated heterocycles. The average Bonchev–Trinajstić information content (AvgIpc) is 3.13. The van der Waals surface area contributed by atoms with Crippen molar-refractivity contribution in [3.05, 3.63) is 81.5 Å². The molecule has 1 aliphatic carbocycles. The number of aromatic nitrogens is 3. The summed E-state index contributed by atoms with van der Waals surface area (Å²) in [6.07, 6.45) is 1.36. The Morgan fingerprint density at radius 1 is 1.16 bits per heavy atom. The number of anilines is 1. The summed E-state index contributed by atoms with van der Waals surface area (Å²) in [4.78, 5) is 18.0. The third-order valence-electron chi connectivity index (χ3n) is 5.69. The molecule has 158 valence electrons. The van der Waals surface area contributed by atoms with Crippen molar-refractivity contribution >= 4 is 39.4 Å². The van der Waals surface area contributed by atoms with Crippen molar-refractivity contribution in [3.63, 3.8) is 0 Å². The topological polar surface area (TPSA) is 59.8 Å². The standard InChI is InChI=1S/C24H23BrN4OS/c1-24(2)12-18-20(19(30)13-24)21(16-9-6-10-17(25)11-16)29-22(26-18)27-23(28-29)31-14-15-7-4-3-5-8-15/h3-11,21H,12-14H2,1-2H3,(H,26,27,28)/t21-/m0/s1. The summed E-state index contributed by atoms with van der Waals surface area (Å²) < 4.78 is 2.86. The van der Waals surface area contributed by atoms with Gasteiger partial charge in [-0.2, -0.15) is 4.98 Å². The van der Waals surface area contributed by atoms with Gasteiger partial charge in [-0.15, -0.1) is 5.10 Å². The summed E-state index contributed by atoms with van der Waals surface area (Å²) in [7, 11) is 0. The lowest BCUT2D eigenvalue weighted by molar-refractivity contribution is -0.118. The number of carbonyl (C=O) groups is 1. The number of rotatable bonds is 4. The monoisotopic (exact) mass is 494 g/mol. The molecule has 3 aromatic rings. The summed E-state index contributed by atoms with van der Waals surface area (Å²) >= 11 is 5.19. The van der Waals surface area contributed by atoms with Crippen molar-refractivity contribution in [2.75, 3.05) is 5.32 Å². The molecule has 2 aliphatic rings. The quantitative estimate of drug-likeness (QED) is 0.451. The molecular formula is C24H23BrN4OS. The molecule has 0 spiro atoms. The van der Waals surface area contributed by atoms with Gasteiger partial charge in [0, 0.05) is 27.9 Å². The number of hydrogen-bond acceptors (Lipinski definition) is 5. The van der Waals surface area contributed by atoms with Crippen molar-refractivity contribution in [2.45, 2.75) is 43.6 Å². The Bertz CT molecular complexity index is 1190. The second kappa shape index (κ2) is 7.95. The Labute approximate surface area is 194 Å². The Morgan fingerprint density at radius 2 is 1.97 bits per heavy atom. The third kappa shape index (κ3) is 4.08. The number of nitrogens with zero attached hydrogens (tertiary/aromatic N) is 3. The maximum atomic E-state index is 13.3. The molecule has 1 N–H and O–H groups in total. The zero-order valence-electron chi connectivity index (χ0n) is 17.4. The number of allylic oxidation sites excluding steroid dienone is 2. The summed E-state index contributed by atoms with van der Waals surface area (Å²) in [5.74, 6) is 1.68. The van der Waals surface area contributed by atoms with Gasteiger partial charge in [0.05, 0.1) is 0 Å².